The van der Waals surface area contributed by atoms with E-state index in [1.54, 1.807) is 10.9 Å². The number of rotatable bonds is 3. The Bertz CT molecular complexity index is 1020. The van der Waals surface area contributed by atoms with Gasteiger partial charge in [-0.05, 0) is 56.0 Å². The number of aryl methyl sites for hydroxylation is 2. The number of nitrogens with two attached hydrogens (primary N) is 1. The maximum atomic E-state index is 12.6. The first-order valence-corrected chi connectivity index (χ1v) is 9.47. The van der Waals surface area contributed by atoms with E-state index in [-0.39, 0.29) is 5.56 Å². The molecule has 1 saturated heterocycles. The van der Waals surface area contributed by atoms with Crippen molar-refractivity contribution in [2.75, 3.05) is 24.5 Å². The largest absolute Gasteiger partial charge is 0.342 e. The fourth-order valence-electron chi connectivity index (χ4n) is 3.65. The molecule has 3 N–H and O–H groups in total. The first-order chi connectivity index (χ1) is 12.5. The third-order valence-electron chi connectivity index (χ3n) is 4.98. The molecule has 8 heteroatoms. The van der Waals surface area contributed by atoms with Crippen LogP contribution in [-0.4, -0.2) is 39.4 Å². The zero-order chi connectivity index (χ0) is 18.4. The van der Waals surface area contributed by atoms with Crippen LogP contribution in [0.4, 0.5) is 5.95 Å². The number of hydrogen-bond donors (Lipinski definition) is 2. The van der Waals surface area contributed by atoms with Gasteiger partial charge >= 0.3 is 0 Å². The van der Waals surface area contributed by atoms with Crippen LogP contribution in [0.1, 0.15) is 17.5 Å². The minimum Gasteiger partial charge on any atom is -0.342 e. The molecule has 1 unspecified atom stereocenters. The topological polar surface area (TPSA) is 92.8 Å². The van der Waals surface area contributed by atoms with Gasteiger partial charge in [-0.3, -0.25) is 9.78 Å². The molecule has 26 heavy (non-hydrogen) atoms. The quantitative estimate of drug-likeness (QED) is 0.682. The van der Waals surface area contributed by atoms with Crippen molar-refractivity contribution in [1.29, 1.82) is 0 Å². The monoisotopic (exact) mass is 416 g/mol. The van der Waals surface area contributed by atoms with Crippen molar-refractivity contribution in [2.45, 2.75) is 20.3 Å². The first kappa shape index (κ1) is 17.2. The van der Waals surface area contributed by atoms with Crippen molar-refractivity contribution in [1.82, 2.24) is 19.7 Å². The maximum absolute atomic E-state index is 12.6. The summed E-state index contributed by atoms with van der Waals surface area (Å²) in [5.41, 5.74) is 9.18. The van der Waals surface area contributed by atoms with Gasteiger partial charge in [0.15, 0.2) is 5.65 Å². The lowest BCUT2D eigenvalue weighted by molar-refractivity contribution is 0.602. The summed E-state index contributed by atoms with van der Waals surface area (Å²) in [6.45, 7) is 6.37. The molecule has 0 aliphatic carbocycles. The lowest BCUT2D eigenvalue weighted by Gasteiger charge is -2.15. The molecule has 3 heterocycles. The van der Waals surface area contributed by atoms with Crippen LogP contribution in [0.2, 0.25) is 0 Å². The highest BCUT2D eigenvalue weighted by atomic mass is 79.9. The standard InChI is InChI=1S/C18H21BrN6O/c1-10-5-13(19)6-11(2)15(10)25-9-14-16(23-25)21-18(22-17(14)26)24-4-3-12(7-20)8-24/h5-6,9,12H,3-4,7-8,20H2,1-2H3,(H,21,22,23,26). The summed E-state index contributed by atoms with van der Waals surface area (Å²) in [5, 5.41) is 5.08. The van der Waals surface area contributed by atoms with Gasteiger partial charge in [-0.15, -0.1) is 5.10 Å². The van der Waals surface area contributed by atoms with Crippen molar-refractivity contribution in [3.05, 3.63) is 44.3 Å². The Morgan fingerprint density at radius 3 is 2.73 bits per heavy atom. The van der Waals surface area contributed by atoms with Gasteiger partial charge in [-0.25, -0.2) is 4.68 Å². The molecule has 0 radical (unpaired) electrons. The molecule has 0 spiro atoms. The molecule has 3 aromatic rings. The number of anilines is 1. The summed E-state index contributed by atoms with van der Waals surface area (Å²) in [6.07, 6.45) is 2.77. The van der Waals surface area contributed by atoms with Crippen molar-refractivity contribution < 1.29 is 0 Å². The van der Waals surface area contributed by atoms with Crippen LogP contribution >= 0.6 is 15.9 Å². The molecular formula is C18H21BrN6O. The van der Waals surface area contributed by atoms with Gasteiger partial charge in [0.25, 0.3) is 5.56 Å². The number of H-pyrrole nitrogens is 1. The highest BCUT2D eigenvalue weighted by Gasteiger charge is 2.24. The van der Waals surface area contributed by atoms with E-state index >= 15 is 0 Å². The Morgan fingerprint density at radius 1 is 1.35 bits per heavy atom. The van der Waals surface area contributed by atoms with Crippen LogP contribution in [0.15, 0.2) is 27.6 Å². The number of hydrogen-bond acceptors (Lipinski definition) is 5. The van der Waals surface area contributed by atoms with Crippen LogP contribution in [0.5, 0.6) is 0 Å². The van der Waals surface area contributed by atoms with Crippen molar-refractivity contribution in [3.63, 3.8) is 0 Å². The molecule has 7 nitrogen and oxygen atoms in total. The fourth-order valence-corrected chi connectivity index (χ4v) is 4.34. The molecule has 4 rings (SSSR count). The van der Waals surface area contributed by atoms with E-state index in [1.165, 1.54) is 0 Å². The average Bonchev–Trinajstić information content (AvgIpc) is 3.20. The van der Waals surface area contributed by atoms with Gasteiger partial charge in [0.1, 0.15) is 5.39 Å². The Labute approximate surface area is 159 Å². The molecule has 1 aliphatic rings. The van der Waals surface area contributed by atoms with Crippen molar-refractivity contribution in [2.24, 2.45) is 11.7 Å². The summed E-state index contributed by atoms with van der Waals surface area (Å²) >= 11 is 3.51. The molecule has 1 aliphatic heterocycles. The maximum Gasteiger partial charge on any atom is 0.263 e. The number of benzene rings is 1. The normalized spacial score (nSPS) is 17.4. The van der Waals surface area contributed by atoms with Crippen LogP contribution in [0.3, 0.4) is 0 Å². The molecular weight excluding hydrogens is 396 g/mol. The molecule has 136 valence electrons. The van der Waals surface area contributed by atoms with Crippen LogP contribution in [0.25, 0.3) is 16.7 Å². The van der Waals surface area contributed by atoms with E-state index in [4.69, 9.17) is 5.73 Å². The van der Waals surface area contributed by atoms with Gasteiger partial charge in [0.2, 0.25) is 5.95 Å². The smallest absolute Gasteiger partial charge is 0.263 e. The first-order valence-electron chi connectivity index (χ1n) is 8.68. The second kappa shape index (κ2) is 6.51. The van der Waals surface area contributed by atoms with Crippen molar-refractivity contribution in [3.8, 4) is 5.69 Å². The summed E-state index contributed by atoms with van der Waals surface area (Å²) in [7, 11) is 0. The van der Waals surface area contributed by atoms with E-state index in [0.717, 1.165) is 40.8 Å². The van der Waals surface area contributed by atoms with Crippen LogP contribution in [-0.2, 0) is 0 Å². The highest BCUT2D eigenvalue weighted by Crippen LogP contribution is 2.25. The third-order valence-corrected chi connectivity index (χ3v) is 5.44. The predicted molar refractivity (Wildman–Crippen MR) is 106 cm³/mol. The number of fused-ring (bicyclic) bond motifs is 1. The molecule has 0 amide bonds. The summed E-state index contributed by atoms with van der Waals surface area (Å²) < 4.78 is 2.77. The minimum atomic E-state index is -0.167. The predicted octanol–water partition coefficient (Wildman–Crippen LogP) is 2.27. The average molecular weight is 417 g/mol. The molecule has 1 atom stereocenters. The number of nitrogens with zero attached hydrogens (tertiary/aromatic N) is 4. The van der Waals surface area contributed by atoms with E-state index in [9.17, 15) is 4.79 Å². The number of aromatic amines is 1. The van der Waals surface area contributed by atoms with Crippen LogP contribution < -0.4 is 16.2 Å². The van der Waals surface area contributed by atoms with E-state index in [1.807, 2.05) is 26.0 Å². The Morgan fingerprint density at radius 2 is 2.08 bits per heavy atom. The van der Waals surface area contributed by atoms with E-state index in [2.05, 4.69) is 35.9 Å². The number of halogens is 1. The second-order valence-corrected chi connectivity index (χ2v) is 7.84. The van der Waals surface area contributed by atoms with Gasteiger partial charge in [0.05, 0.1) is 5.69 Å². The lowest BCUT2D eigenvalue weighted by atomic mass is 10.1. The fraction of sp³-hybridized carbons (Fsp3) is 0.389. The van der Waals surface area contributed by atoms with Gasteiger partial charge in [-0.1, -0.05) is 15.9 Å². The number of aromatic nitrogens is 4. The van der Waals surface area contributed by atoms with Gasteiger partial charge < -0.3 is 10.6 Å². The summed E-state index contributed by atoms with van der Waals surface area (Å²) in [5.74, 6) is 1.02. The second-order valence-electron chi connectivity index (χ2n) is 6.93. The Hall–Kier alpha value is -2.19. The van der Waals surface area contributed by atoms with E-state index < -0.39 is 0 Å². The lowest BCUT2D eigenvalue weighted by Crippen LogP contribution is -2.26. The van der Waals surface area contributed by atoms with Crippen LogP contribution in [0, 0.1) is 19.8 Å². The molecule has 0 bridgehead atoms. The van der Waals surface area contributed by atoms with Crippen molar-refractivity contribution >= 4 is 32.9 Å². The highest BCUT2D eigenvalue weighted by molar-refractivity contribution is 9.10. The summed E-state index contributed by atoms with van der Waals surface area (Å²) in [6, 6.07) is 4.07. The Kier molecular flexibility index (Phi) is 4.32. The summed E-state index contributed by atoms with van der Waals surface area (Å²) in [4.78, 5) is 22.1. The zero-order valence-corrected chi connectivity index (χ0v) is 16.4. The zero-order valence-electron chi connectivity index (χ0n) is 14.8. The molecule has 1 fully saturated rings. The minimum absolute atomic E-state index is 0.167. The Balaban J connectivity index is 1.79. The number of nitrogens with one attached hydrogen (secondary N) is 1. The molecule has 1 aromatic carbocycles. The SMILES string of the molecule is Cc1cc(Br)cc(C)c1-n1cc2c(=O)[nH]c(N3CCC(CN)C3)nc2n1. The van der Waals surface area contributed by atoms with Gasteiger partial charge in [0, 0.05) is 23.8 Å². The van der Waals surface area contributed by atoms with Gasteiger partial charge in [-0.2, -0.15) is 4.98 Å². The van der Waals surface area contributed by atoms with E-state index in [0.29, 0.717) is 29.4 Å². The molecule has 0 saturated carbocycles. The third kappa shape index (κ3) is 2.93. The molecule has 2 aromatic heterocycles.